The molecule has 8 heavy (non-hydrogen) atoms. The number of allylic oxidation sites excluding steroid dienone is 2. The Balaban J connectivity index is 0. The topological polar surface area (TPSA) is 0 Å². The Bertz CT molecular complexity index is 70.9. The van der Waals surface area contributed by atoms with Crippen LogP contribution in [0.5, 0.6) is 0 Å². The van der Waals surface area contributed by atoms with E-state index in [-0.39, 0.29) is 18.9 Å². The minimum atomic E-state index is 0. The van der Waals surface area contributed by atoms with E-state index in [0.717, 1.165) is 6.42 Å². The van der Waals surface area contributed by atoms with Gasteiger partial charge in [-0.3, -0.25) is 0 Å². The van der Waals surface area contributed by atoms with Crippen LogP contribution in [0.1, 0.15) is 6.42 Å². The molecule has 0 heterocycles. The Morgan fingerprint density at radius 3 is 2.12 bits per heavy atom. The van der Waals surface area contributed by atoms with Crippen molar-refractivity contribution in [1.82, 2.24) is 0 Å². The quantitative estimate of drug-likeness (QED) is 0.343. The molecule has 0 aromatic heterocycles. The van der Waals surface area contributed by atoms with Crippen LogP contribution >= 0.6 is 15.9 Å². The van der Waals surface area contributed by atoms with Crippen molar-refractivity contribution >= 4 is 34.8 Å². The summed E-state index contributed by atoms with van der Waals surface area (Å²) < 4.78 is 0. The van der Waals surface area contributed by atoms with E-state index in [4.69, 9.17) is 0 Å². The van der Waals surface area contributed by atoms with Crippen molar-refractivity contribution in [2.75, 3.05) is 0 Å². The fourth-order valence-corrected chi connectivity index (χ4v) is 0.520. The number of alkyl halides is 1. The summed E-state index contributed by atoms with van der Waals surface area (Å²) in [5.41, 5.74) is 0. The van der Waals surface area contributed by atoms with Crippen LogP contribution in [0.25, 0.3) is 0 Å². The average molecular weight is 169 g/mol. The van der Waals surface area contributed by atoms with Crippen molar-refractivity contribution in [1.29, 1.82) is 0 Å². The Morgan fingerprint density at radius 1 is 1.50 bits per heavy atom. The van der Waals surface area contributed by atoms with Crippen molar-refractivity contribution in [3.05, 3.63) is 25.3 Å². The molecule has 0 saturated carbocycles. The van der Waals surface area contributed by atoms with Gasteiger partial charge in [-0.15, -0.1) is 13.2 Å². The summed E-state index contributed by atoms with van der Waals surface area (Å²) in [5, 5.41) is 0. The molecule has 0 bridgehead atoms. The van der Waals surface area contributed by atoms with E-state index < -0.39 is 0 Å². The number of hydrogen-bond acceptors (Lipinski definition) is 0. The average Bonchev–Trinajstić information content (AvgIpc) is 1.68. The van der Waals surface area contributed by atoms with Crippen molar-refractivity contribution in [3.8, 4) is 0 Å². The Morgan fingerprint density at radius 2 is 2.00 bits per heavy atom. The standard InChI is InChI=1S/C6H9Br.Li.H/c1-3-5-6(7)4-2;;/h3-4,6H,1-2,5H2;;. The van der Waals surface area contributed by atoms with E-state index in [9.17, 15) is 0 Å². The molecule has 0 rings (SSSR count). The second kappa shape index (κ2) is 7.56. The Kier molecular flexibility index (Phi) is 10.7. The van der Waals surface area contributed by atoms with Crippen molar-refractivity contribution in [3.63, 3.8) is 0 Å². The molecule has 0 radical (unpaired) electrons. The third kappa shape index (κ3) is 6.56. The summed E-state index contributed by atoms with van der Waals surface area (Å²) in [6, 6.07) is 0. The molecule has 2 heteroatoms. The van der Waals surface area contributed by atoms with Crippen LogP contribution in [-0.4, -0.2) is 23.7 Å². The molecule has 0 N–H and O–H groups in total. The summed E-state index contributed by atoms with van der Waals surface area (Å²) in [6.07, 6.45) is 4.67. The molecular weight excluding hydrogens is 159 g/mol. The van der Waals surface area contributed by atoms with Crippen molar-refractivity contribution in [2.24, 2.45) is 0 Å². The summed E-state index contributed by atoms with van der Waals surface area (Å²) in [5.74, 6) is 0. The molecule has 0 aromatic carbocycles. The first-order valence-corrected chi connectivity index (χ1v) is 3.10. The molecule has 0 aliphatic rings. The molecule has 0 aromatic rings. The molecule has 0 aliphatic heterocycles. The van der Waals surface area contributed by atoms with Gasteiger partial charge in [-0.1, -0.05) is 28.1 Å². The normalized spacial score (nSPS) is 11.1. The summed E-state index contributed by atoms with van der Waals surface area (Å²) in [4.78, 5) is 0.407. The SMILES string of the molecule is C=CCC(Br)C=C.[LiH]. The first-order valence-electron chi connectivity index (χ1n) is 2.18. The third-order valence-corrected chi connectivity index (χ3v) is 1.40. The number of halogens is 1. The zero-order valence-corrected chi connectivity index (χ0v) is 5.82. The van der Waals surface area contributed by atoms with Gasteiger partial charge in [-0.2, -0.15) is 0 Å². The first-order chi connectivity index (χ1) is 3.31. The van der Waals surface area contributed by atoms with Crippen LogP contribution in [0, 0.1) is 0 Å². The van der Waals surface area contributed by atoms with Gasteiger partial charge in [0.05, 0.1) is 0 Å². The second-order valence-corrected chi connectivity index (χ2v) is 2.45. The van der Waals surface area contributed by atoms with E-state index in [1.54, 1.807) is 0 Å². The van der Waals surface area contributed by atoms with Gasteiger partial charge in [0.2, 0.25) is 0 Å². The summed E-state index contributed by atoms with van der Waals surface area (Å²) in [7, 11) is 0. The van der Waals surface area contributed by atoms with Crippen molar-refractivity contribution in [2.45, 2.75) is 11.2 Å². The Hall–Kier alpha value is 0.557. The van der Waals surface area contributed by atoms with Crippen LogP contribution in [0.3, 0.4) is 0 Å². The fourth-order valence-electron chi connectivity index (χ4n) is 0.255. The first kappa shape index (κ1) is 11.4. The van der Waals surface area contributed by atoms with E-state index in [1.807, 2.05) is 12.2 Å². The summed E-state index contributed by atoms with van der Waals surface area (Å²) >= 11 is 3.35. The van der Waals surface area contributed by atoms with E-state index in [2.05, 4.69) is 29.1 Å². The fraction of sp³-hybridized carbons (Fsp3) is 0.333. The van der Waals surface area contributed by atoms with Crippen LogP contribution in [-0.2, 0) is 0 Å². The molecule has 1 atom stereocenters. The van der Waals surface area contributed by atoms with Gasteiger partial charge in [0.15, 0.2) is 0 Å². The predicted octanol–water partition coefficient (Wildman–Crippen LogP) is 1.86. The molecule has 42 valence electrons. The molecule has 0 fully saturated rings. The Labute approximate surface area is 71.3 Å². The van der Waals surface area contributed by atoms with Crippen LogP contribution in [0.15, 0.2) is 25.3 Å². The molecule has 0 spiro atoms. The van der Waals surface area contributed by atoms with Gasteiger partial charge in [0.1, 0.15) is 0 Å². The van der Waals surface area contributed by atoms with Gasteiger partial charge in [-0.25, -0.2) is 0 Å². The minimum absolute atomic E-state index is 0. The van der Waals surface area contributed by atoms with Crippen LogP contribution in [0.2, 0.25) is 0 Å². The number of rotatable bonds is 3. The molecule has 1 unspecified atom stereocenters. The zero-order chi connectivity index (χ0) is 5.70. The van der Waals surface area contributed by atoms with E-state index in [0.29, 0.717) is 4.83 Å². The number of hydrogen-bond donors (Lipinski definition) is 0. The summed E-state index contributed by atoms with van der Waals surface area (Å²) in [6.45, 7) is 7.16. The second-order valence-electron chi connectivity index (χ2n) is 1.28. The van der Waals surface area contributed by atoms with Crippen molar-refractivity contribution < 1.29 is 0 Å². The molecule has 0 saturated heterocycles. The maximum absolute atomic E-state index is 3.58. The van der Waals surface area contributed by atoms with E-state index >= 15 is 0 Å². The monoisotopic (exact) mass is 168 g/mol. The van der Waals surface area contributed by atoms with Gasteiger partial charge >= 0.3 is 18.9 Å². The molecule has 0 aliphatic carbocycles. The predicted molar refractivity (Wildman–Crippen MR) is 44.9 cm³/mol. The van der Waals surface area contributed by atoms with Gasteiger partial charge < -0.3 is 0 Å². The van der Waals surface area contributed by atoms with Gasteiger partial charge in [0.25, 0.3) is 0 Å². The maximum atomic E-state index is 3.58. The van der Waals surface area contributed by atoms with Crippen LogP contribution < -0.4 is 0 Å². The zero-order valence-electron chi connectivity index (χ0n) is 4.23. The van der Waals surface area contributed by atoms with E-state index in [1.165, 1.54) is 0 Å². The van der Waals surface area contributed by atoms with Gasteiger partial charge in [0, 0.05) is 4.83 Å². The molecule has 0 amide bonds. The van der Waals surface area contributed by atoms with Crippen LogP contribution in [0.4, 0.5) is 0 Å². The third-order valence-electron chi connectivity index (χ3n) is 0.648. The molecular formula is C6H10BrLi. The van der Waals surface area contributed by atoms with Gasteiger partial charge in [-0.05, 0) is 6.42 Å². The molecule has 0 nitrogen and oxygen atoms in total.